The van der Waals surface area contributed by atoms with Gasteiger partial charge in [-0.1, -0.05) is 22.0 Å². The number of carboxylic acid groups (broad SMARTS) is 1. The summed E-state index contributed by atoms with van der Waals surface area (Å²) in [6, 6.07) is 6.05. The van der Waals surface area contributed by atoms with Gasteiger partial charge in [0, 0.05) is 23.6 Å². The van der Waals surface area contributed by atoms with Crippen LogP contribution in [-0.4, -0.2) is 53.1 Å². The fraction of sp³-hybridized carbons (Fsp3) is 0.562. The SMILES string of the molecule is O=C(O)c1ccc(CN2CCCN3CCCC3C2)c(Br)c1. The lowest BCUT2D eigenvalue weighted by atomic mass is 10.1. The summed E-state index contributed by atoms with van der Waals surface area (Å²) < 4.78 is 0.898. The second-order valence-electron chi connectivity index (χ2n) is 6.03. The number of hydrogen-bond donors (Lipinski definition) is 1. The van der Waals surface area contributed by atoms with Crippen molar-refractivity contribution in [2.24, 2.45) is 0 Å². The summed E-state index contributed by atoms with van der Waals surface area (Å²) in [5.41, 5.74) is 1.51. The van der Waals surface area contributed by atoms with Crippen LogP contribution in [0.5, 0.6) is 0 Å². The molecule has 0 radical (unpaired) electrons. The number of fused-ring (bicyclic) bond motifs is 1. The summed E-state index contributed by atoms with van der Waals surface area (Å²) in [5.74, 6) is -0.876. The third kappa shape index (κ3) is 3.47. The van der Waals surface area contributed by atoms with Crippen LogP contribution in [0.15, 0.2) is 22.7 Å². The first-order valence-electron chi connectivity index (χ1n) is 7.61. The van der Waals surface area contributed by atoms with Gasteiger partial charge in [0.05, 0.1) is 5.56 Å². The first-order valence-corrected chi connectivity index (χ1v) is 8.41. The maximum Gasteiger partial charge on any atom is 0.335 e. The van der Waals surface area contributed by atoms with Crippen molar-refractivity contribution in [3.63, 3.8) is 0 Å². The molecule has 1 atom stereocenters. The summed E-state index contributed by atoms with van der Waals surface area (Å²) in [4.78, 5) is 16.1. The van der Waals surface area contributed by atoms with Gasteiger partial charge in [-0.25, -0.2) is 4.79 Å². The van der Waals surface area contributed by atoms with Gasteiger partial charge in [-0.2, -0.15) is 0 Å². The maximum atomic E-state index is 11.0. The highest BCUT2D eigenvalue weighted by Crippen LogP contribution is 2.25. The van der Waals surface area contributed by atoms with E-state index in [1.807, 2.05) is 6.07 Å². The zero-order valence-corrected chi connectivity index (χ0v) is 13.7. The molecule has 4 nitrogen and oxygen atoms in total. The molecular weight excluding hydrogens is 332 g/mol. The van der Waals surface area contributed by atoms with E-state index in [0.717, 1.165) is 24.1 Å². The molecule has 0 amide bonds. The van der Waals surface area contributed by atoms with Crippen LogP contribution in [0.4, 0.5) is 0 Å². The summed E-state index contributed by atoms with van der Waals surface area (Å²) in [6.45, 7) is 5.63. The quantitative estimate of drug-likeness (QED) is 0.908. The topological polar surface area (TPSA) is 43.8 Å². The van der Waals surface area contributed by atoms with Crippen LogP contribution in [0.3, 0.4) is 0 Å². The third-order valence-electron chi connectivity index (χ3n) is 4.58. The molecule has 0 bridgehead atoms. The van der Waals surface area contributed by atoms with Crippen molar-refractivity contribution in [2.45, 2.75) is 31.8 Å². The van der Waals surface area contributed by atoms with Crippen LogP contribution in [0.25, 0.3) is 0 Å². The summed E-state index contributed by atoms with van der Waals surface area (Å²) >= 11 is 3.52. The molecule has 2 fully saturated rings. The van der Waals surface area contributed by atoms with Gasteiger partial charge < -0.3 is 5.11 Å². The molecule has 114 valence electrons. The first-order chi connectivity index (χ1) is 10.1. The van der Waals surface area contributed by atoms with E-state index in [2.05, 4.69) is 25.7 Å². The lowest BCUT2D eigenvalue weighted by Gasteiger charge is -2.26. The second-order valence-corrected chi connectivity index (χ2v) is 6.89. The Morgan fingerprint density at radius 2 is 2.10 bits per heavy atom. The molecule has 2 heterocycles. The molecule has 2 saturated heterocycles. The lowest BCUT2D eigenvalue weighted by molar-refractivity contribution is 0.0697. The minimum Gasteiger partial charge on any atom is -0.478 e. The molecule has 1 N–H and O–H groups in total. The molecule has 5 heteroatoms. The van der Waals surface area contributed by atoms with Gasteiger partial charge in [-0.15, -0.1) is 0 Å². The van der Waals surface area contributed by atoms with Crippen molar-refractivity contribution in [2.75, 3.05) is 26.2 Å². The molecule has 1 aromatic carbocycles. The lowest BCUT2D eigenvalue weighted by Crippen LogP contribution is -2.36. The summed E-state index contributed by atoms with van der Waals surface area (Å²) in [5, 5.41) is 9.02. The average molecular weight is 353 g/mol. The molecular formula is C16H21BrN2O2. The highest BCUT2D eigenvalue weighted by molar-refractivity contribution is 9.10. The average Bonchev–Trinajstić information content (AvgIpc) is 2.79. The summed E-state index contributed by atoms with van der Waals surface area (Å²) in [6.07, 6.45) is 3.87. The van der Waals surface area contributed by atoms with E-state index in [-0.39, 0.29) is 0 Å². The van der Waals surface area contributed by atoms with E-state index in [1.165, 1.54) is 37.9 Å². The van der Waals surface area contributed by atoms with Gasteiger partial charge in [0.15, 0.2) is 0 Å². The molecule has 0 spiro atoms. The van der Waals surface area contributed by atoms with Crippen LogP contribution in [0.1, 0.15) is 35.2 Å². The second kappa shape index (κ2) is 6.46. The van der Waals surface area contributed by atoms with Crippen molar-refractivity contribution in [3.05, 3.63) is 33.8 Å². The highest BCUT2D eigenvalue weighted by Gasteiger charge is 2.28. The Bertz CT molecular complexity index is 535. The smallest absolute Gasteiger partial charge is 0.335 e. The van der Waals surface area contributed by atoms with Crippen molar-refractivity contribution < 1.29 is 9.90 Å². The first kappa shape index (κ1) is 15.0. The largest absolute Gasteiger partial charge is 0.478 e. The minimum atomic E-state index is -0.876. The number of carbonyl (C=O) groups is 1. The van der Waals surface area contributed by atoms with E-state index >= 15 is 0 Å². The Morgan fingerprint density at radius 3 is 2.86 bits per heavy atom. The van der Waals surface area contributed by atoms with Crippen LogP contribution in [-0.2, 0) is 6.54 Å². The number of rotatable bonds is 3. The zero-order valence-electron chi connectivity index (χ0n) is 12.1. The van der Waals surface area contributed by atoms with Gasteiger partial charge in [0.2, 0.25) is 0 Å². The Labute approximate surface area is 133 Å². The molecule has 2 aliphatic heterocycles. The summed E-state index contributed by atoms with van der Waals surface area (Å²) in [7, 11) is 0. The normalized spacial score (nSPS) is 23.8. The predicted molar refractivity (Wildman–Crippen MR) is 85.6 cm³/mol. The molecule has 3 rings (SSSR count). The molecule has 0 saturated carbocycles. The predicted octanol–water partition coefficient (Wildman–Crippen LogP) is 2.82. The van der Waals surface area contributed by atoms with Gasteiger partial charge in [-0.3, -0.25) is 9.80 Å². The Hall–Kier alpha value is -0.910. The number of aromatic carboxylic acids is 1. The molecule has 0 aromatic heterocycles. The Balaban J connectivity index is 1.69. The minimum absolute atomic E-state index is 0.337. The van der Waals surface area contributed by atoms with E-state index in [0.29, 0.717) is 11.6 Å². The molecule has 1 unspecified atom stereocenters. The number of benzene rings is 1. The standard InChI is InChI=1S/C16H21BrN2O2/c17-15-9-12(16(20)21)4-5-13(15)10-18-6-2-8-19-7-1-3-14(19)11-18/h4-5,9,14H,1-3,6-8,10-11H2,(H,20,21). The molecule has 2 aliphatic rings. The van der Waals surface area contributed by atoms with Crippen molar-refractivity contribution in [3.8, 4) is 0 Å². The van der Waals surface area contributed by atoms with Gasteiger partial charge in [-0.05, 0) is 56.6 Å². The van der Waals surface area contributed by atoms with Gasteiger partial charge in [0.1, 0.15) is 0 Å². The third-order valence-corrected chi connectivity index (χ3v) is 5.32. The van der Waals surface area contributed by atoms with Crippen LogP contribution < -0.4 is 0 Å². The number of nitrogens with zero attached hydrogens (tertiary/aromatic N) is 2. The number of hydrogen-bond acceptors (Lipinski definition) is 3. The van der Waals surface area contributed by atoms with Gasteiger partial charge >= 0.3 is 5.97 Å². The maximum absolute atomic E-state index is 11.0. The van der Waals surface area contributed by atoms with E-state index in [9.17, 15) is 4.79 Å². The monoisotopic (exact) mass is 352 g/mol. The van der Waals surface area contributed by atoms with Crippen LogP contribution >= 0.6 is 15.9 Å². The zero-order chi connectivity index (χ0) is 14.8. The van der Waals surface area contributed by atoms with Gasteiger partial charge in [0.25, 0.3) is 0 Å². The number of carboxylic acids is 1. The molecule has 21 heavy (non-hydrogen) atoms. The van der Waals surface area contributed by atoms with Crippen molar-refractivity contribution >= 4 is 21.9 Å². The van der Waals surface area contributed by atoms with E-state index < -0.39 is 5.97 Å². The molecule has 1 aromatic rings. The van der Waals surface area contributed by atoms with E-state index in [1.54, 1.807) is 12.1 Å². The van der Waals surface area contributed by atoms with E-state index in [4.69, 9.17) is 5.11 Å². The Morgan fingerprint density at radius 1 is 1.29 bits per heavy atom. The van der Waals surface area contributed by atoms with Crippen LogP contribution in [0.2, 0.25) is 0 Å². The number of halogens is 1. The Kier molecular flexibility index (Phi) is 4.62. The van der Waals surface area contributed by atoms with Crippen LogP contribution in [0, 0.1) is 0 Å². The van der Waals surface area contributed by atoms with Crippen molar-refractivity contribution in [1.82, 2.24) is 9.80 Å². The fourth-order valence-corrected chi connectivity index (χ4v) is 3.98. The fourth-order valence-electron chi connectivity index (χ4n) is 3.48. The molecule has 0 aliphatic carbocycles. The van der Waals surface area contributed by atoms with Crippen molar-refractivity contribution in [1.29, 1.82) is 0 Å². The highest BCUT2D eigenvalue weighted by atomic mass is 79.9.